The van der Waals surface area contributed by atoms with E-state index in [1.54, 1.807) is 17.4 Å². The van der Waals surface area contributed by atoms with Crippen LogP contribution in [0.15, 0.2) is 33.4 Å². The standard InChI is InChI=1S/C12H13NO3S/c1-8(6-9-4-5-17-7-9)13-11-3-2-10(16-11)12(14)15/h2-5,7-8,13H,6H2,1H3,(H,14,15). The minimum atomic E-state index is -1.05. The average molecular weight is 251 g/mol. The zero-order valence-electron chi connectivity index (χ0n) is 9.34. The van der Waals surface area contributed by atoms with E-state index in [1.165, 1.54) is 11.6 Å². The van der Waals surface area contributed by atoms with Crippen LogP contribution in [0, 0.1) is 0 Å². The van der Waals surface area contributed by atoms with Crippen LogP contribution in [0.2, 0.25) is 0 Å². The molecule has 0 aliphatic carbocycles. The van der Waals surface area contributed by atoms with Gasteiger partial charge in [0.05, 0.1) is 0 Å². The molecule has 0 aromatic carbocycles. The van der Waals surface area contributed by atoms with Gasteiger partial charge in [-0.2, -0.15) is 11.3 Å². The minimum Gasteiger partial charge on any atom is -0.475 e. The number of furan rings is 1. The van der Waals surface area contributed by atoms with Gasteiger partial charge in [-0.25, -0.2) is 4.79 Å². The van der Waals surface area contributed by atoms with Crippen LogP contribution in [-0.4, -0.2) is 17.1 Å². The Morgan fingerprint density at radius 2 is 2.35 bits per heavy atom. The number of carboxylic acid groups (broad SMARTS) is 1. The fourth-order valence-corrected chi connectivity index (χ4v) is 2.27. The molecule has 5 heteroatoms. The number of carboxylic acids is 1. The maximum absolute atomic E-state index is 10.6. The smallest absolute Gasteiger partial charge is 0.371 e. The van der Waals surface area contributed by atoms with E-state index in [9.17, 15) is 4.79 Å². The van der Waals surface area contributed by atoms with Crippen molar-refractivity contribution in [1.82, 2.24) is 0 Å². The topological polar surface area (TPSA) is 62.5 Å². The Hall–Kier alpha value is -1.75. The summed E-state index contributed by atoms with van der Waals surface area (Å²) in [6.45, 7) is 2.03. The number of nitrogens with one attached hydrogen (secondary N) is 1. The molecule has 0 bridgehead atoms. The third kappa shape index (κ3) is 3.10. The van der Waals surface area contributed by atoms with Crippen molar-refractivity contribution >= 4 is 23.2 Å². The zero-order chi connectivity index (χ0) is 12.3. The van der Waals surface area contributed by atoms with Gasteiger partial charge in [-0.05, 0) is 41.8 Å². The number of rotatable bonds is 5. The number of hydrogen-bond donors (Lipinski definition) is 2. The summed E-state index contributed by atoms with van der Waals surface area (Å²) in [4.78, 5) is 10.6. The normalized spacial score (nSPS) is 12.3. The molecule has 2 heterocycles. The largest absolute Gasteiger partial charge is 0.475 e. The highest BCUT2D eigenvalue weighted by atomic mass is 32.1. The number of aromatic carboxylic acids is 1. The van der Waals surface area contributed by atoms with E-state index in [4.69, 9.17) is 9.52 Å². The summed E-state index contributed by atoms with van der Waals surface area (Å²) in [7, 11) is 0. The zero-order valence-corrected chi connectivity index (χ0v) is 10.2. The lowest BCUT2D eigenvalue weighted by molar-refractivity contribution is 0.0663. The second kappa shape index (κ2) is 5.05. The van der Waals surface area contributed by atoms with Crippen molar-refractivity contribution in [3.8, 4) is 0 Å². The van der Waals surface area contributed by atoms with Crippen molar-refractivity contribution in [2.24, 2.45) is 0 Å². The third-order valence-electron chi connectivity index (χ3n) is 2.33. The van der Waals surface area contributed by atoms with Gasteiger partial charge in [0.25, 0.3) is 0 Å². The van der Waals surface area contributed by atoms with Crippen LogP contribution < -0.4 is 5.32 Å². The van der Waals surface area contributed by atoms with E-state index in [-0.39, 0.29) is 11.8 Å². The van der Waals surface area contributed by atoms with E-state index >= 15 is 0 Å². The molecule has 0 spiro atoms. The first-order valence-corrected chi connectivity index (χ1v) is 6.20. The van der Waals surface area contributed by atoms with Crippen LogP contribution >= 0.6 is 11.3 Å². The summed E-state index contributed by atoms with van der Waals surface area (Å²) < 4.78 is 5.13. The molecule has 1 unspecified atom stereocenters. The van der Waals surface area contributed by atoms with Crippen molar-refractivity contribution in [1.29, 1.82) is 0 Å². The van der Waals surface area contributed by atoms with Gasteiger partial charge in [0.2, 0.25) is 5.76 Å². The van der Waals surface area contributed by atoms with Gasteiger partial charge >= 0.3 is 5.97 Å². The lowest BCUT2D eigenvalue weighted by Crippen LogP contribution is -2.17. The maximum atomic E-state index is 10.6. The van der Waals surface area contributed by atoms with Crippen molar-refractivity contribution in [2.75, 3.05) is 5.32 Å². The van der Waals surface area contributed by atoms with Crippen LogP contribution in [0.4, 0.5) is 5.88 Å². The molecule has 2 aromatic rings. The molecular formula is C12H13NO3S. The van der Waals surface area contributed by atoms with Crippen LogP contribution in [0.3, 0.4) is 0 Å². The van der Waals surface area contributed by atoms with Crippen molar-refractivity contribution in [3.05, 3.63) is 40.3 Å². The molecule has 2 rings (SSSR count). The molecular weight excluding hydrogens is 238 g/mol. The maximum Gasteiger partial charge on any atom is 0.371 e. The predicted octanol–water partition coefficient (Wildman–Crippen LogP) is 3.08. The predicted molar refractivity (Wildman–Crippen MR) is 66.8 cm³/mol. The monoisotopic (exact) mass is 251 g/mol. The molecule has 0 aliphatic rings. The second-order valence-corrected chi connectivity index (χ2v) is 4.63. The fraction of sp³-hybridized carbons (Fsp3) is 0.250. The van der Waals surface area contributed by atoms with E-state index in [0.29, 0.717) is 5.88 Å². The van der Waals surface area contributed by atoms with Crippen LogP contribution in [0.5, 0.6) is 0 Å². The highest BCUT2D eigenvalue weighted by Gasteiger charge is 2.11. The van der Waals surface area contributed by atoms with Gasteiger partial charge in [0, 0.05) is 12.1 Å². The first-order chi connectivity index (χ1) is 8.15. The van der Waals surface area contributed by atoms with Gasteiger partial charge in [0.15, 0.2) is 5.88 Å². The molecule has 0 amide bonds. The highest BCUT2D eigenvalue weighted by Crippen LogP contribution is 2.16. The lowest BCUT2D eigenvalue weighted by atomic mass is 10.1. The Labute approximate surface area is 103 Å². The SMILES string of the molecule is CC(Cc1ccsc1)Nc1ccc(C(=O)O)o1. The minimum absolute atomic E-state index is 0.0461. The Bertz CT molecular complexity index is 490. The van der Waals surface area contributed by atoms with Crippen molar-refractivity contribution in [3.63, 3.8) is 0 Å². The van der Waals surface area contributed by atoms with Gasteiger partial charge in [-0.1, -0.05) is 0 Å². The number of thiophene rings is 1. The Balaban J connectivity index is 1.93. The Kier molecular flexibility index (Phi) is 3.49. The highest BCUT2D eigenvalue weighted by molar-refractivity contribution is 7.07. The lowest BCUT2D eigenvalue weighted by Gasteiger charge is -2.11. The molecule has 1 atom stereocenters. The van der Waals surface area contributed by atoms with Crippen molar-refractivity contribution < 1.29 is 14.3 Å². The first kappa shape index (κ1) is 11.7. The summed E-state index contributed by atoms with van der Waals surface area (Å²) in [6.07, 6.45) is 0.882. The first-order valence-electron chi connectivity index (χ1n) is 5.26. The Morgan fingerprint density at radius 3 is 2.94 bits per heavy atom. The molecule has 0 saturated heterocycles. The molecule has 2 N–H and O–H groups in total. The van der Waals surface area contributed by atoms with Crippen molar-refractivity contribution in [2.45, 2.75) is 19.4 Å². The van der Waals surface area contributed by atoms with Gasteiger partial charge in [0.1, 0.15) is 0 Å². The van der Waals surface area contributed by atoms with Gasteiger partial charge < -0.3 is 14.8 Å². The summed E-state index contributed by atoms with van der Waals surface area (Å²) in [5.74, 6) is -0.607. The molecule has 0 fully saturated rings. The molecule has 2 aromatic heterocycles. The van der Waals surface area contributed by atoms with Crippen LogP contribution in [0.1, 0.15) is 23.0 Å². The molecule has 17 heavy (non-hydrogen) atoms. The second-order valence-electron chi connectivity index (χ2n) is 3.85. The van der Waals surface area contributed by atoms with Crippen LogP contribution in [-0.2, 0) is 6.42 Å². The summed E-state index contributed by atoms with van der Waals surface area (Å²) in [6, 6.07) is 5.35. The van der Waals surface area contributed by atoms with E-state index < -0.39 is 5.97 Å². The third-order valence-corrected chi connectivity index (χ3v) is 3.06. The molecule has 0 aliphatic heterocycles. The number of carbonyl (C=O) groups is 1. The quantitative estimate of drug-likeness (QED) is 0.857. The number of anilines is 1. The summed E-state index contributed by atoms with van der Waals surface area (Å²) in [5.41, 5.74) is 1.26. The molecule has 4 nitrogen and oxygen atoms in total. The average Bonchev–Trinajstić information content (AvgIpc) is 2.88. The van der Waals surface area contributed by atoms with E-state index in [2.05, 4.69) is 16.8 Å². The van der Waals surface area contributed by atoms with E-state index in [1.807, 2.05) is 12.3 Å². The van der Waals surface area contributed by atoms with Gasteiger partial charge in [-0.15, -0.1) is 0 Å². The van der Waals surface area contributed by atoms with Crippen LogP contribution in [0.25, 0.3) is 0 Å². The molecule has 0 saturated carbocycles. The number of hydrogen-bond acceptors (Lipinski definition) is 4. The summed E-state index contributed by atoms with van der Waals surface area (Å²) >= 11 is 1.67. The molecule has 0 radical (unpaired) electrons. The Morgan fingerprint density at radius 1 is 1.53 bits per heavy atom. The molecule has 90 valence electrons. The fourth-order valence-electron chi connectivity index (χ4n) is 1.59. The van der Waals surface area contributed by atoms with E-state index in [0.717, 1.165) is 6.42 Å². The summed E-state index contributed by atoms with van der Waals surface area (Å²) in [5, 5.41) is 16.0. The van der Waals surface area contributed by atoms with Gasteiger partial charge in [-0.3, -0.25) is 0 Å².